The van der Waals surface area contributed by atoms with Crippen LogP contribution in [0.1, 0.15) is 22.7 Å². The van der Waals surface area contributed by atoms with E-state index in [1.807, 2.05) is 0 Å². The molecule has 1 aromatic carbocycles. The van der Waals surface area contributed by atoms with Gasteiger partial charge in [-0.3, -0.25) is 0 Å². The average molecular weight is 282 g/mol. The van der Waals surface area contributed by atoms with E-state index < -0.39 is 0 Å². The molecule has 2 aromatic rings. The Balaban J connectivity index is 2.38. The van der Waals surface area contributed by atoms with Crippen molar-refractivity contribution in [3.05, 3.63) is 56.2 Å². The number of halogens is 1. The summed E-state index contributed by atoms with van der Waals surface area (Å²) in [7, 11) is 0. The minimum atomic E-state index is -0.0359. The molecule has 0 radical (unpaired) electrons. The highest BCUT2D eigenvalue weighted by atomic mass is 79.9. The number of nitrogens with two attached hydrogens (primary N) is 1. The third kappa shape index (κ3) is 2.30. The molecule has 0 saturated heterocycles. The topological polar surface area (TPSA) is 26.0 Å². The lowest BCUT2D eigenvalue weighted by atomic mass is 10.0. The summed E-state index contributed by atoms with van der Waals surface area (Å²) in [6, 6.07) is 8.31. The van der Waals surface area contributed by atoms with Gasteiger partial charge < -0.3 is 5.73 Å². The Bertz CT molecular complexity index is 451. The molecule has 0 aliphatic rings. The largest absolute Gasteiger partial charge is 0.320 e. The van der Waals surface area contributed by atoms with Crippen LogP contribution >= 0.6 is 27.3 Å². The van der Waals surface area contributed by atoms with Crippen LogP contribution in [0.25, 0.3) is 0 Å². The third-order valence-electron chi connectivity index (χ3n) is 2.39. The van der Waals surface area contributed by atoms with Crippen molar-refractivity contribution in [2.24, 2.45) is 5.73 Å². The standard InChI is InChI=1S/C12H12BrNS/c1-8-2-3-10(11(13)6-8)12(14)9-4-5-15-7-9/h2-7,12H,14H2,1H3/t12-/m1/s1. The average Bonchev–Trinajstić information content (AvgIpc) is 2.69. The van der Waals surface area contributed by atoms with Crippen LogP contribution in [0.2, 0.25) is 0 Å². The predicted octanol–water partition coefficient (Wildman–Crippen LogP) is 3.87. The Hall–Kier alpha value is -0.640. The monoisotopic (exact) mass is 281 g/mol. The van der Waals surface area contributed by atoms with Gasteiger partial charge >= 0.3 is 0 Å². The van der Waals surface area contributed by atoms with Crippen LogP contribution in [-0.2, 0) is 0 Å². The maximum Gasteiger partial charge on any atom is 0.0571 e. The maximum atomic E-state index is 6.19. The van der Waals surface area contributed by atoms with Crippen LogP contribution in [0.15, 0.2) is 39.5 Å². The second-order valence-corrected chi connectivity index (χ2v) is 5.19. The Kier molecular flexibility index (Phi) is 3.24. The summed E-state index contributed by atoms with van der Waals surface area (Å²) in [5.74, 6) is 0. The van der Waals surface area contributed by atoms with Crippen LogP contribution in [-0.4, -0.2) is 0 Å². The van der Waals surface area contributed by atoms with Crippen LogP contribution in [0.4, 0.5) is 0 Å². The summed E-state index contributed by atoms with van der Waals surface area (Å²) in [6.07, 6.45) is 0. The van der Waals surface area contributed by atoms with Crippen LogP contribution < -0.4 is 5.73 Å². The van der Waals surface area contributed by atoms with Crippen molar-refractivity contribution in [1.29, 1.82) is 0 Å². The Morgan fingerprint density at radius 2 is 2.13 bits per heavy atom. The summed E-state index contributed by atoms with van der Waals surface area (Å²) in [6.45, 7) is 2.07. The summed E-state index contributed by atoms with van der Waals surface area (Å²) in [5, 5.41) is 4.15. The fourth-order valence-corrected chi connectivity index (χ4v) is 2.95. The van der Waals surface area contributed by atoms with Crippen molar-refractivity contribution >= 4 is 27.3 Å². The highest BCUT2D eigenvalue weighted by Crippen LogP contribution is 2.28. The Morgan fingerprint density at radius 3 is 2.73 bits per heavy atom. The second-order valence-electron chi connectivity index (χ2n) is 3.56. The molecule has 1 heterocycles. The fraction of sp³-hybridized carbons (Fsp3) is 0.167. The number of hydrogen-bond acceptors (Lipinski definition) is 2. The summed E-state index contributed by atoms with van der Waals surface area (Å²) in [5.41, 5.74) is 9.74. The van der Waals surface area contributed by atoms with Gasteiger partial charge in [0.15, 0.2) is 0 Å². The van der Waals surface area contributed by atoms with E-state index in [1.54, 1.807) is 11.3 Å². The van der Waals surface area contributed by atoms with Crippen molar-refractivity contribution in [1.82, 2.24) is 0 Å². The smallest absolute Gasteiger partial charge is 0.0571 e. The van der Waals surface area contributed by atoms with Gasteiger partial charge in [0.05, 0.1) is 6.04 Å². The van der Waals surface area contributed by atoms with Gasteiger partial charge in [-0.05, 0) is 46.5 Å². The molecule has 1 atom stereocenters. The maximum absolute atomic E-state index is 6.19. The molecule has 2 N–H and O–H groups in total. The molecule has 3 heteroatoms. The van der Waals surface area contributed by atoms with Crippen molar-refractivity contribution in [3.63, 3.8) is 0 Å². The van der Waals surface area contributed by atoms with Crippen molar-refractivity contribution in [3.8, 4) is 0 Å². The molecule has 0 amide bonds. The fourth-order valence-electron chi connectivity index (χ4n) is 1.52. The van der Waals surface area contributed by atoms with Gasteiger partial charge in [-0.15, -0.1) is 0 Å². The number of benzene rings is 1. The van der Waals surface area contributed by atoms with Gasteiger partial charge in [0.1, 0.15) is 0 Å². The molecule has 0 spiro atoms. The molecule has 0 saturated carbocycles. The van der Waals surface area contributed by atoms with Gasteiger partial charge in [-0.25, -0.2) is 0 Å². The van der Waals surface area contributed by atoms with Gasteiger partial charge in [0, 0.05) is 4.47 Å². The second kappa shape index (κ2) is 4.47. The van der Waals surface area contributed by atoms with E-state index in [1.165, 1.54) is 11.1 Å². The highest BCUT2D eigenvalue weighted by molar-refractivity contribution is 9.10. The number of hydrogen-bond donors (Lipinski definition) is 1. The van der Waals surface area contributed by atoms with Crippen LogP contribution in [0.3, 0.4) is 0 Å². The molecule has 1 nitrogen and oxygen atoms in total. The first-order valence-electron chi connectivity index (χ1n) is 4.72. The normalized spacial score (nSPS) is 12.7. The molecule has 0 aliphatic carbocycles. The van der Waals surface area contributed by atoms with E-state index in [0.29, 0.717) is 0 Å². The first-order chi connectivity index (χ1) is 7.18. The van der Waals surface area contributed by atoms with Gasteiger partial charge in [0.25, 0.3) is 0 Å². The van der Waals surface area contributed by atoms with E-state index in [0.717, 1.165) is 10.0 Å². The van der Waals surface area contributed by atoms with Crippen LogP contribution in [0.5, 0.6) is 0 Å². The SMILES string of the molecule is Cc1ccc([C@H](N)c2ccsc2)c(Br)c1. The van der Waals surface area contributed by atoms with E-state index >= 15 is 0 Å². The molecular weight excluding hydrogens is 270 g/mol. The summed E-state index contributed by atoms with van der Waals surface area (Å²) < 4.78 is 1.08. The molecule has 0 bridgehead atoms. The van der Waals surface area contributed by atoms with E-state index in [4.69, 9.17) is 5.73 Å². The van der Waals surface area contributed by atoms with Gasteiger partial charge in [0.2, 0.25) is 0 Å². The van der Waals surface area contributed by atoms with Gasteiger partial charge in [-0.2, -0.15) is 11.3 Å². The zero-order valence-electron chi connectivity index (χ0n) is 8.41. The minimum absolute atomic E-state index is 0.0359. The molecule has 1 aromatic heterocycles. The zero-order chi connectivity index (χ0) is 10.8. The lowest BCUT2D eigenvalue weighted by molar-refractivity contribution is 0.870. The van der Waals surface area contributed by atoms with Crippen LogP contribution in [0, 0.1) is 6.92 Å². The molecule has 0 unspecified atom stereocenters. The quantitative estimate of drug-likeness (QED) is 0.889. The minimum Gasteiger partial charge on any atom is -0.320 e. The van der Waals surface area contributed by atoms with Crippen molar-refractivity contribution < 1.29 is 0 Å². The number of rotatable bonds is 2. The summed E-state index contributed by atoms with van der Waals surface area (Å²) in [4.78, 5) is 0. The number of thiophene rings is 1. The molecule has 78 valence electrons. The van der Waals surface area contributed by atoms with Gasteiger partial charge in [-0.1, -0.05) is 28.1 Å². The highest BCUT2D eigenvalue weighted by Gasteiger charge is 2.12. The lowest BCUT2D eigenvalue weighted by Gasteiger charge is -2.13. The van der Waals surface area contributed by atoms with Crippen molar-refractivity contribution in [2.45, 2.75) is 13.0 Å². The first kappa shape index (κ1) is 10.9. The first-order valence-corrected chi connectivity index (χ1v) is 6.46. The molecule has 2 rings (SSSR count). The zero-order valence-corrected chi connectivity index (χ0v) is 10.8. The molecular formula is C12H12BrNS. The van der Waals surface area contributed by atoms with Crippen molar-refractivity contribution in [2.75, 3.05) is 0 Å². The van der Waals surface area contributed by atoms with E-state index in [9.17, 15) is 0 Å². The van der Waals surface area contributed by atoms with E-state index in [-0.39, 0.29) is 6.04 Å². The summed E-state index contributed by atoms with van der Waals surface area (Å²) >= 11 is 5.23. The third-order valence-corrected chi connectivity index (χ3v) is 3.78. The predicted molar refractivity (Wildman–Crippen MR) is 69.2 cm³/mol. The molecule has 15 heavy (non-hydrogen) atoms. The number of aryl methyl sites for hydroxylation is 1. The lowest BCUT2D eigenvalue weighted by Crippen LogP contribution is -2.11. The Labute approximate surface area is 102 Å². The molecule has 0 fully saturated rings. The molecule has 0 aliphatic heterocycles. The Morgan fingerprint density at radius 1 is 1.33 bits per heavy atom. The van der Waals surface area contributed by atoms with E-state index in [2.05, 4.69) is 57.9 Å².